The molecule has 2 N–H and O–H groups in total. The number of nitrogens with zero attached hydrogens (tertiary/aromatic N) is 3. The number of aromatic nitrogens is 3. The summed E-state index contributed by atoms with van der Waals surface area (Å²) in [4.78, 5) is 11.2. The maximum Gasteiger partial charge on any atom is 0.271 e. The standard InChI is InChI=1S/C10H16N4O/c1-6(2)5-14-9(7-3-4-7)8(10(11)15)12-13-14/h6-7H,3-5H2,1-2H3,(H2,11,15). The number of hydrogen-bond acceptors (Lipinski definition) is 3. The third-order valence-electron chi connectivity index (χ3n) is 2.51. The first-order valence-electron chi connectivity index (χ1n) is 5.32. The Morgan fingerprint density at radius 1 is 1.60 bits per heavy atom. The highest BCUT2D eigenvalue weighted by Gasteiger charge is 2.33. The van der Waals surface area contributed by atoms with Crippen LogP contribution >= 0.6 is 0 Å². The Hall–Kier alpha value is -1.39. The molecule has 0 radical (unpaired) electrons. The van der Waals surface area contributed by atoms with Crippen LogP contribution in [0.5, 0.6) is 0 Å². The van der Waals surface area contributed by atoms with Crippen LogP contribution in [0.2, 0.25) is 0 Å². The monoisotopic (exact) mass is 208 g/mol. The Morgan fingerprint density at radius 2 is 2.27 bits per heavy atom. The van der Waals surface area contributed by atoms with Gasteiger partial charge in [0.2, 0.25) is 0 Å². The summed E-state index contributed by atoms with van der Waals surface area (Å²) in [5, 5.41) is 7.87. The Morgan fingerprint density at radius 3 is 2.73 bits per heavy atom. The highest BCUT2D eigenvalue weighted by Crippen LogP contribution is 2.41. The van der Waals surface area contributed by atoms with Gasteiger partial charge >= 0.3 is 0 Å². The lowest BCUT2D eigenvalue weighted by molar-refractivity contribution is 0.0994. The molecule has 0 bridgehead atoms. The Bertz CT molecular complexity index is 379. The molecular weight excluding hydrogens is 192 g/mol. The molecule has 1 aromatic rings. The SMILES string of the molecule is CC(C)Cn1nnc(C(N)=O)c1C1CC1. The van der Waals surface area contributed by atoms with Crippen LogP contribution in [0.4, 0.5) is 0 Å². The molecule has 15 heavy (non-hydrogen) atoms. The van der Waals surface area contributed by atoms with Crippen molar-refractivity contribution < 1.29 is 4.79 Å². The van der Waals surface area contributed by atoms with Crippen LogP contribution < -0.4 is 5.73 Å². The van der Waals surface area contributed by atoms with E-state index >= 15 is 0 Å². The van der Waals surface area contributed by atoms with Crippen LogP contribution in [-0.2, 0) is 6.54 Å². The lowest BCUT2D eigenvalue weighted by Crippen LogP contribution is -2.15. The van der Waals surface area contributed by atoms with Crippen molar-refractivity contribution in [3.05, 3.63) is 11.4 Å². The number of carbonyl (C=O) groups is 1. The smallest absolute Gasteiger partial charge is 0.271 e. The highest BCUT2D eigenvalue weighted by molar-refractivity contribution is 5.92. The van der Waals surface area contributed by atoms with Crippen LogP contribution in [0, 0.1) is 5.92 Å². The number of hydrogen-bond donors (Lipinski definition) is 1. The van der Waals surface area contributed by atoms with E-state index in [9.17, 15) is 4.79 Å². The first kappa shape index (κ1) is 10.1. The van der Waals surface area contributed by atoms with Gasteiger partial charge in [0.25, 0.3) is 5.91 Å². The second-order valence-corrected chi connectivity index (χ2v) is 4.54. The van der Waals surface area contributed by atoms with E-state index in [0.717, 1.165) is 25.1 Å². The molecule has 1 aromatic heterocycles. The summed E-state index contributed by atoms with van der Waals surface area (Å²) >= 11 is 0. The average molecular weight is 208 g/mol. The second kappa shape index (κ2) is 3.64. The minimum absolute atomic E-state index is 0.359. The minimum atomic E-state index is -0.466. The average Bonchev–Trinajstić information content (AvgIpc) is 2.87. The lowest BCUT2D eigenvalue weighted by Gasteiger charge is -2.08. The van der Waals surface area contributed by atoms with Gasteiger partial charge in [-0.1, -0.05) is 19.1 Å². The number of primary amides is 1. The fraction of sp³-hybridized carbons (Fsp3) is 0.700. The maximum atomic E-state index is 11.2. The van der Waals surface area contributed by atoms with Crippen LogP contribution in [0.15, 0.2) is 0 Å². The van der Waals surface area contributed by atoms with Crippen molar-refractivity contribution in [1.82, 2.24) is 15.0 Å². The molecule has 1 aliphatic rings. The summed E-state index contributed by atoms with van der Waals surface area (Å²) in [6, 6.07) is 0. The third-order valence-corrected chi connectivity index (χ3v) is 2.51. The zero-order valence-electron chi connectivity index (χ0n) is 9.10. The minimum Gasteiger partial charge on any atom is -0.364 e. The van der Waals surface area contributed by atoms with Crippen molar-refractivity contribution in [3.8, 4) is 0 Å². The van der Waals surface area contributed by atoms with Gasteiger partial charge < -0.3 is 5.73 Å². The lowest BCUT2D eigenvalue weighted by atomic mass is 10.2. The van der Waals surface area contributed by atoms with Crippen molar-refractivity contribution in [2.75, 3.05) is 0 Å². The fourth-order valence-corrected chi connectivity index (χ4v) is 1.74. The normalized spacial score (nSPS) is 15.9. The highest BCUT2D eigenvalue weighted by atomic mass is 16.1. The summed E-state index contributed by atoms with van der Waals surface area (Å²) in [7, 11) is 0. The summed E-state index contributed by atoms with van der Waals surface area (Å²) in [5.41, 5.74) is 6.57. The molecule has 5 heteroatoms. The first-order chi connectivity index (χ1) is 7.09. The summed E-state index contributed by atoms with van der Waals surface area (Å²) in [6.45, 7) is 5.02. The molecule has 5 nitrogen and oxygen atoms in total. The molecule has 0 atom stereocenters. The van der Waals surface area contributed by atoms with E-state index in [-0.39, 0.29) is 0 Å². The maximum absolute atomic E-state index is 11.2. The number of amides is 1. The molecule has 1 fully saturated rings. The third kappa shape index (κ3) is 2.00. The van der Waals surface area contributed by atoms with E-state index < -0.39 is 5.91 Å². The largest absolute Gasteiger partial charge is 0.364 e. The zero-order valence-corrected chi connectivity index (χ0v) is 9.10. The van der Waals surface area contributed by atoms with Gasteiger partial charge in [0.15, 0.2) is 5.69 Å². The topological polar surface area (TPSA) is 73.8 Å². The molecule has 0 saturated heterocycles. The predicted molar refractivity (Wildman–Crippen MR) is 55.4 cm³/mol. The second-order valence-electron chi connectivity index (χ2n) is 4.54. The molecule has 1 amide bonds. The van der Waals surface area contributed by atoms with Gasteiger partial charge in [-0.05, 0) is 18.8 Å². The van der Waals surface area contributed by atoms with Gasteiger partial charge in [-0.25, -0.2) is 4.68 Å². The predicted octanol–water partition coefficient (Wildman–Crippen LogP) is 0.910. The quantitative estimate of drug-likeness (QED) is 0.799. The van der Waals surface area contributed by atoms with E-state index in [1.807, 2.05) is 4.68 Å². The van der Waals surface area contributed by atoms with Crippen LogP contribution in [0.1, 0.15) is 48.8 Å². The van der Waals surface area contributed by atoms with Gasteiger partial charge in [0.05, 0.1) is 5.69 Å². The van der Waals surface area contributed by atoms with Gasteiger partial charge in [-0.3, -0.25) is 4.79 Å². The number of carbonyl (C=O) groups excluding carboxylic acids is 1. The van der Waals surface area contributed by atoms with Crippen molar-refractivity contribution in [3.63, 3.8) is 0 Å². The number of rotatable bonds is 4. The van der Waals surface area contributed by atoms with Crippen molar-refractivity contribution in [2.45, 2.75) is 39.2 Å². The molecule has 0 unspecified atom stereocenters. The zero-order chi connectivity index (χ0) is 11.0. The Kier molecular flexibility index (Phi) is 2.46. The van der Waals surface area contributed by atoms with Gasteiger partial charge in [-0.15, -0.1) is 5.10 Å². The molecular formula is C10H16N4O. The molecule has 1 heterocycles. The van der Waals surface area contributed by atoms with Crippen molar-refractivity contribution in [1.29, 1.82) is 0 Å². The summed E-state index contributed by atoms with van der Waals surface area (Å²) in [5.74, 6) is 0.470. The van der Waals surface area contributed by atoms with E-state index in [1.54, 1.807) is 0 Å². The van der Waals surface area contributed by atoms with Crippen LogP contribution in [0.3, 0.4) is 0 Å². The van der Waals surface area contributed by atoms with Crippen LogP contribution in [0.25, 0.3) is 0 Å². The van der Waals surface area contributed by atoms with E-state index in [4.69, 9.17) is 5.73 Å². The molecule has 1 saturated carbocycles. The van der Waals surface area contributed by atoms with Gasteiger partial charge in [-0.2, -0.15) is 0 Å². The fourth-order valence-electron chi connectivity index (χ4n) is 1.74. The molecule has 2 rings (SSSR count). The van der Waals surface area contributed by atoms with Gasteiger partial charge in [0, 0.05) is 12.5 Å². The van der Waals surface area contributed by atoms with Crippen LogP contribution in [-0.4, -0.2) is 20.9 Å². The summed E-state index contributed by atoms with van der Waals surface area (Å²) < 4.78 is 1.84. The molecule has 0 spiro atoms. The molecule has 82 valence electrons. The molecule has 0 aromatic carbocycles. The first-order valence-corrected chi connectivity index (χ1v) is 5.32. The molecule has 1 aliphatic carbocycles. The van der Waals surface area contributed by atoms with E-state index in [1.165, 1.54) is 0 Å². The molecule has 0 aliphatic heterocycles. The van der Waals surface area contributed by atoms with E-state index in [0.29, 0.717) is 17.5 Å². The Balaban J connectivity index is 2.33. The summed E-state index contributed by atoms with van der Waals surface area (Å²) in [6.07, 6.45) is 2.23. The van der Waals surface area contributed by atoms with Gasteiger partial charge in [0.1, 0.15) is 0 Å². The van der Waals surface area contributed by atoms with Crippen molar-refractivity contribution in [2.24, 2.45) is 11.7 Å². The number of nitrogens with two attached hydrogens (primary N) is 1. The van der Waals surface area contributed by atoms with Crippen molar-refractivity contribution >= 4 is 5.91 Å². The Labute approximate surface area is 88.6 Å². The van der Waals surface area contributed by atoms with E-state index in [2.05, 4.69) is 24.2 Å².